The van der Waals surface area contributed by atoms with Gasteiger partial charge >= 0.3 is 0 Å². The number of para-hydroxylation sites is 2. The number of rotatable bonds is 10. The Morgan fingerprint density at radius 2 is 1.93 bits per heavy atom. The minimum Gasteiger partial charge on any atom is -0.490 e. The Bertz CT molecular complexity index is 1570. The molecule has 0 bridgehead atoms. The summed E-state index contributed by atoms with van der Waals surface area (Å²) in [5.74, 6) is -0.299. The molecular formula is C29H27N5O8S. The van der Waals surface area contributed by atoms with E-state index in [1.807, 2.05) is 12.1 Å². The minimum atomic E-state index is -0.583. The van der Waals surface area contributed by atoms with Crippen LogP contribution >= 0.6 is 11.8 Å². The molecule has 14 heteroatoms. The topological polar surface area (TPSA) is 153 Å². The maximum absolute atomic E-state index is 13.1. The molecule has 0 aliphatic carbocycles. The van der Waals surface area contributed by atoms with Crippen LogP contribution in [0.4, 0.5) is 21.9 Å². The Morgan fingerprint density at radius 3 is 2.65 bits per heavy atom. The molecule has 0 saturated carbocycles. The van der Waals surface area contributed by atoms with Gasteiger partial charge < -0.3 is 24.4 Å². The number of morpholine rings is 1. The number of imide groups is 1. The first kappa shape index (κ1) is 29.5. The molecule has 0 unspecified atom stereocenters. The second kappa shape index (κ2) is 13.4. The van der Waals surface area contributed by atoms with Gasteiger partial charge in [-0.2, -0.15) is 0 Å². The Hall–Kier alpha value is -4.95. The van der Waals surface area contributed by atoms with Crippen LogP contribution in [-0.2, 0) is 14.3 Å². The predicted octanol–water partition coefficient (Wildman–Crippen LogP) is 4.69. The summed E-state index contributed by atoms with van der Waals surface area (Å²) in [6.45, 7) is 4.22. The largest absolute Gasteiger partial charge is 0.490 e. The standard InChI is InChI=1S/C29H27N5O8S/c1-2-41-24-15-19(7-9-23(24)42-27-10-8-20(17-30-27)34(38)39)16-25-28(36)33(29(37)43-25)18-26(35)31-21-5-3-4-6-22(21)32-11-13-40-14-12-32/h3-10,15-17H,2,11-14,18H2,1H3,(H,31,35)/b25-16-. The highest BCUT2D eigenvalue weighted by molar-refractivity contribution is 8.18. The van der Waals surface area contributed by atoms with Crippen molar-refractivity contribution >= 4 is 52.0 Å². The number of amides is 3. The van der Waals surface area contributed by atoms with Gasteiger partial charge in [0, 0.05) is 25.2 Å². The van der Waals surface area contributed by atoms with E-state index in [0.29, 0.717) is 55.7 Å². The van der Waals surface area contributed by atoms with Crippen LogP contribution < -0.4 is 19.7 Å². The van der Waals surface area contributed by atoms with Crippen LogP contribution in [0.3, 0.4) is 0 Å². The van der Waals surface area contributed by atoms with Gasteiger partial charge in [-0.15, -0.1) is 0 Å². The van der Waals surface area contributed by atoms with Gasteiger partial charge in [0.05, 0.1) is 41.0 Å². The molecule has 13 nitrogen and oxygen atoms in total. The Kier molecular flexibility index (Phi) is 9.17. The lowest BCUT2D eigenvalue weighted by molar-refractivity contribution is -0.385. The lowest BCUT2D eigenvalue weighted by Gasteiger charge is -2.30. The van der Waals surface area contributed by atoms with Crippen molar-refractivity contribution in [2.75, 3.05) is 49.7 Å². The number of aromatic nitrogens is 1. The molecule has 222 valence electrons. The maximum atomic E-state index is 13.1. The van der Waals surface area contributed by atoms with Gasteiger partial charge in [-0.25, -0.2) is 4.98 Å². The number of carbonyl (C=O) groups is 3. The monoisotopic (exact) mass is 605 g/mol. The fraction of sp³-hybridized carbons (Fsp3) is 0.241. The van der Waals surface area contributed by atoms with E-state index in [1.165, 1.54) is 18.2 Å². The summed E-state index contributed by atoms with van der Waals surface area (Å²) in [4.78, 5) is 56.2. The van der Waals surface area contributed by atoms with Crippen molar-refractivity contribution in [3.05, 3.63) is 81.4 Å². The van der Waals surface area contributed by atoms with Crippen molar-refractivity contribution in [1.29, 1.82) is 0 Å². The smallest absolute Gasteiger partial charge is 0.294 e. The zero-order valence-electron chi connectivity index (χ0n) is 23.1. The number of carbonyl (C=O) groups excluding carboxylic acids is 3. The van der Waals surface area contributed by atoms with Crippen molar-refractivity contribution in [3.63, 3.8) is 0 Å². The molecule has 0 spiro atoms. The number of benzene rings is 2. The van der Waals surface area contributed by atoms with Gasteiger partial charge in [0.25, 0.3) is 16.8 Å². The summed E-state index contributed by atoms with van der Waals surface area (Å²) in [6, 6.07) is 14.9. The summed E-state index contributed by atoms with van der Waals surface area (Å²) < 4.78 is 16.8. The molecule has 2 aliphatic heterocycles. The van der Waals surface area contributed by atoms with E-state index in [2.05, 4.69) is 15.2 Å². The number of nitrogens with zero attached hydrogens (tertiary/aromatic N) is 4. The first-order valence-corrected chi connectivity index (χ1v) is 14.2. The summed E-state index contributed by atoms with van der Waals surface area (Å²) >= 11 is 0.740. The van der Waals surface area contributed by atoms with Crippen LogP contribution in [0.1, 0.15) is 12.5 Å². The van der Waals surface area contributed by atoms with E-state index in [-0.39, 0.29) is 16.5 Å². The van der Waals surface area contributed by atoms with Crippen molar-refractivity contribution in [3.8, 4) is 17.4 Å². The zero-order chi connectivity index (χ0) is 30.3. The number of hydrogen-bond acceptors (Lipinski definition) is 11. The number of nitro groups is 1. The van der Waals surface area contributed by atoms with Crippen molar-refractivity contribution in [2.45, 2.75) is 6.92 Å². The number of anilines is 2. The van der Waals surface area contributed by atoms with E-state index in [1.54, 1.807) is 37.3 Å². The summed E-state index contributed by atoms with van der Waals surface area (Å²) in [5.41, 5.74) is 1.82. The highest BCUT2D eigenvalue weighted by Gasteiger charge is 2.36. The lowest BCUT2D eigenvalue weighted by atomic mass is 10.2. The quantitative estimate of drug-likeness (QED) is 0.194. The molecule has 0 radical (unpaired) electrons. The molecule has 2 aliphatic rings. The zero-order valence-corrected chi connectivity index (χ0v) is 23.9. The molecule has 3 aromatic rings. The van der Waals surface area contributed by atoms with Gasteiger partial charge in [0.15, 0.2) is 11.5 Å². The first-order chi connectivity index (χ1) is 20.8. The molecule has 2 saturated heterocycles. The fourth-order valence-electron chi connectivity index (χ4n) is 4.40. The van der Waals surface area contributed by atoms with E-state index >= 15 is 0 Å². The normalized spacial score (nSPS) is 16.0. The van der Waals surface area contributed by atoms with Crippen LogP contribution in [-0.4, -0.2) is 71.3 Å². The van der Waals surface area contributed by atoms with Crippen LogP contribution in [0.2, 0.25) is 0 Å². The van der Waals surface area contributed by atoms with E-state index in [4.69, 9.17) is 14.2 Å². The lowest BCUT2D eigenvalue weighted by Crippen LogP contribution is -2.38. The molecule has 0 atom stereocenters. The summed E-state index contributed by atoms with van der Waals surface area (Å²) in [5, 5.41) is 13.1. The molecule has 1 N–H and O–H groups in total. The highest BCUT2D eigenvalue weighted by atomic mass is 32.2. The maximum Gasteiger partial charge on any atom is 0.294 e. The van der Waals surface area contributed by atoms with Crippen LogP contribution in [0.25, 0.3) is 6.08 Å². The average Bonchev–Trinajstić information content (AvgIpc) is 3.26. The van der Waals surface area contributed by atoms with Crippen LogP contribution in [0.5, 0.6) is 17.4 Å². The average molecular weight is 606 g/mol. The van der Waals surface area contributed by atoms with Gasteiger partial charge in [0.1, 0.15) is 12.7 Å². The third kappa shape index (κ3) is 7.10. The summed E-state index contributed by atoms with van der Waals surface area (Å²) in [6.07, 6.45) is 2.62. The minimum absolute atomic E-state index is 0.131. The number of ether oxygens (including phenoxy) is 3. The second-order valence-corrected chi connectivity index (χ2v) is 10.3. The number of pyridine rings is 1. The Balaban J connectivity index is 1.27. The Labute approximate surface area is 250 Å². The predicted molar refractivity (Wildman–Crippen MR) is 159 cm³/mol. The first-order valence-electron chi connectivity index (χ1n) is 13.3. The second-order valence-electron chi connectivity index (χ2n) is 9.29. The van der Waals surface area contributed by atoms with Crippen molar-refractivity contribution in [2.24, 2.45) is 0 Å². The molecule has 5 rings (SSSR count). The van der Waals surface area contributed by atoms with Gasteiger partial charge in [0.2, 0.25) is 11.8 Å². The van der Waals surface area contributed by atoms with Gasteiger partial charge in [-0.3, -0.25) is 29.4 Å². The molecule has 2 aromatic carbocycles. The number of thioether (sulfide) groups is 1. The molecular weight excluding hydrogens is 578 g/mol. The number of nitrogens with one attached hydrogen (secondary N) is 1. The SMILES string of the molecule is CCOc1cc(/C=C2\SC(=O)N(CC(=O)Nc3ccccc3N3CCOCC3)C2=O)ccc1Oc1ccc([N+](=O)[O-])cn1. The molecule has 2 fully saturated rings. The van der Waals surface area contributed by atoms with E-state index in [0.717, 1.165) is 28.5 Å². The third-order valence-electron chi connectivity index (χ3n) is 6.42. The van der Waals surface area contributed by atoms with Crippen molar-refractivity contribution in [1.82, 2.24) is 9.88 Å². The Morgan fingerprint density at radius 1 is 1.14 bits per heavy atom. The van der Waals surface area contributed by atoms with Gasteiger partial charge in [-0.05, 0) is 54.6 Å². The van der Waals surface area contributed by atoms with Crippen LogP contribution in [0.15, 0.2) is 65.7 Å². The molecule has 3 heterocycles. The molecule has 3 amide bonds. The molecule has 1 aromatic heterocycles. The fourth-order valence-corrected chi connectivity index (χ4v) is 5.24. The van der Waals surface area contributed by atoms with Crippen LogP contribution in [0, 0.1) is 10.1 Å². The molecule has 43 heavy (non-hydrogen) atoms. The van der Waals surface area contributed by atoms with Crippen molar-refractivity contribution < 1.29 is 33.5 Å². The van der Waals surface area contributed by atoms with Gasteiger partial charge in [-0.1, -0.05) is 18.2 Å². The third-order valence-corrected chi connectivity index (χ3v) is 7.32. The highest BCUT2D eigenvalue weighted by Crippen LogP contribution is 2.36. The van der Waals surface area contributed by atoms with E-state index < -0.39 is 28.5 Å². The number of hydrogen-bond donors (Lipinski definition) is 1. The van der Waals surface area contributed by atoms with E-state index in [9.17, 15) is 24.5 Å². The summed E-state index contributed by atoms with van der Waals surface area (Å²) in [7, 11) is 0.